The lowest BCUT2D eigenvalue weighted by Gasteiger charge is -2.40. The Morgan fingerprint density at radius 2 is 1.92 bits per heavy atom. The highest BCUT2D eigenvalue weighted by Gasteiger charge is 2.34. The maximum absolute atomic E-state index is 12.6. The van der Waals surface area contributed by atoms with Crippen LogP contribution in [0, 0.1) is 0 Å². The molecule has 2 atom stereocenters. The van der Waals surface area contributed by atoms with Gasteiger partial charge in [-0.15, -0.1) is 0 Å². The Morgan fingerprint density at radius 3 is 2.50 bits per heavy atom. The average Bonchev–Trinajstić information content (AvgIpc) is 2.82. The van der Waals surface area contributed by atoms with E-state index in [9.17, 15) is 18.0 Å². The van der Waals surface area contributed by atoms with Gasteiger partial charge in [0.1, 0.15) is 5.60 Å². The number of carbonyl (C=O) groups is 2. The van der Waals surface area contributed by atoms with Crippen molar-refractivity contribution >= 4 is 22.0 Å². The molecule has 2 aliphatic rings. The molecule has 2 fully saturated rings. The third-order valence-electron chi connectivity index (χ3n) is 4.39. The van der Waals surface area contributed by atoms with Gasteiger partial charge in [0.05, 0.1) is 17.5 Å². The second kappa shape index (κ2) is 7.99. The van der Waals surface area contributed by atoms with Crippen LogP contribution in [0.2, 0.25) is 0 Å². The minimum atomic E-state index is -3.05. The van der Waals surface area contributed by atoms with E-state index >= 15 is 0 Å². The number of nitrogens with zero attached hydrogens (tertiary/aromatic N) is 2. The molecule has 0 aromatic heterocycles. The predicted octanol–water partition coefficient (Wildman–Crippen LogP) is 0.0238. The lowest BCUT2D eigenvalue weighted by atomic mass is 10.1. The van der Waals surface area contributed by atoms with E-state index in [0.29, 0.717) is 19.5 Å². The topological polar surface area (TPSA) is 108 Å². The van der Waals surface area contributed by atoms with Gasteiger partial charge in [-0.25, -0.2) is 18.0 Å². The Balaban J connectivity index is 1.92. The van der Waals surface area contributed by atoms with Crippen molar-refractivity contribution in [1.82, 2.24) is 20.4 Å². The lowest BCUT2D eigenvalue weighted by Crippen LogP contribution is -2.61. The Hall–Kier alpha value is -1.55. The van der Waals surface area contributed by atoms with E-state index in [1.807, 2.05) is 7.05 Å². The summed E-state index contributed by atoms with van der Waals surface area (Å²) in [5.41, 5.74) is -0.585. The molecule has 0 unspecified atom stereocenters. The zero-order chi connectivity index (χ0) is 19.5. The van der Waals surface area contributed by atoms with Gasteiger partial charge in [0.2, 0.25) is 0 Å². The van der Waals surface area contributed by atoms with Crippen molar-refractivity contribution in [3.63, 3.8) is 0 Å². The number of likely N-dealkylation sites (N-methyl/N-ethyl adjacent to an activating group) is 1. The van der Waals surface area contributed by atoms with E-state index in [-0.39, 0.29) is 36.2 Å². The molecular weight excluding hydrogens is 360 g/mol. The standard InChI is InChI=1S/C16H30N4O5S/c1-16(2,3)25-15(22)17-9-13-10-19(4)6-7-20(13)14(21)18-12-5-8-26(23,24)11-12/h12-13H,5-11H2,1-4H3,(H,17,22)(H,18,21)/t12-,13-/m1/s1. The van der Waals surface area contributed by atoms with Crippen molar-refractivity contribution in [3.8, 4) is 0 Å². The summed E-state index contributed by atoms with van der Waals surface area (Å²) in [6.45, 7) is 7.49. The Morgan fingerprint density at radius 1 is 1.23 bits per heavy atom. The maximum Gasteiger partial charge on any atom is 0.407 e. The molecule has 0 bridgehead atoms. The van der Waals surface area contributed by atoms with Crippen LogP contribution < -0.4 is 10.6 Å². The zero-order valence-electron chi connectivity index (χ0n) is 15.9. The van der Waals surface area contributed by atoms with Crippen LogP contribution in [0.1, 0.15) is 27.2 Å². The smallest absolute Gasteiger partial charge is 0.407 e. The number of nitrogens with one attached hydrogen (secondary N) is 2. The second-order valence-corrected chi connectivity index (χ2v) is 10.3. The van der Waals surface area contributed by atoms with Crippen molar-refractivity contribution in [2.75, 3.05) is 44.7 Å². The molecule has 3 amide bonds. The fraction of sp³-hybridized carbons (Fsp3) is 0.875. The largest absolute Gasteiger partial charge is 0.444 e. The number of alkyl carbamates (subject to hydrolysis) is 1. The van der Waals surface area contributed by atoms with Crippen LogP contribution in [-0.2, 0) is 14.6 Å². The molecule has 0 aromatic carbocycles. The van der Waals surface area contributed by atoms with E-state index < -0.39 is 21.5 Å². The molecule has 2 N–H and O–H groups in total. The van der Waals surface area contributed by atoms with Crippen molar-refractivity contribution in [1.29, 1.82) is 0 Å². The maximum atomic E-state index is 12.6. The molecule has 2 saturated heterocycles. The molecule has 0 spiro atoms. The van der Waals surface area contributed by atoms with Crippen LogP contribution in [-0.4, -0.2) is 92.8 Å². The number of carbonyl (C=O) groups excluding carboxylic acids is 2. The van der Waals surface area contributed by atoms with Crippen molar-refractivity contribution in [2.45, 2.75) is 44.9 Å². The third-order valence-corrected chi connectivity index (χ3v) is 6.16. The molecule has 2 aliphatic heterocycles. The number of ether oxygens (including phenoxy) is 1. The van der Waals surface area contributed by atoms with Crippen molar-refractivity contribution < 1.29 is 22.7 Å². The molecule has 2 rings (SSSR count). The molecule has 0 aliphatic carbocycles. The van der Waals surface area contributed by atoms with Crippen LogP contribution in [0.25, 0.3) is 0 Å². The Bertz CT molecular complexity index is 631. The predicted molar refractivity (Wildman–Crippen MR) is 97.8 cm³/mol. The van der Waals surface area contributed by atoms with Gasteiger partial charge >= 0.3 is 12.1 Å². The fourth-order valence-corrected chi connectivity index (χ4v) is 4.81. The zero-order valence-corrected chi connectivity index (χ0v) is 16.8. The van der Waals surface area contributed by atoms with Crippen LogP contribution in [0.4, 0.5) is 9.59 Å². The molecule has 0 aromatic rings. The summed E-state index contributed by atoms with van der Waals surface area (Å²) in [4.78, 5) is 28.2. The van der Waals surface area contributed by atoms with Gasteiger partial charge in [-0.05, 0) is 34.2 Å². The number of piperazine rings is 1. The number of hydrogen-bond donors (Lipinski definition) is 2. The van der Waals surface area contributed by atoms with E-state index in [1.54, 1.807) is 25.7 Å². The van der Waals surface area contributed by atoms with Gasteiger partial charge in [-0.1, -0.05) is 0 Å². The lowest BCUT2D eigenvalue weighted by molar-refractivity contribution is 0.0485. The highest BCUT2D eigenvalue weighted by Crippen LogP contribution is 2.14. The van der Waals surface area contributed by atoms with Crippen LogP contribution >= 0.6 is 0 Å². The van der Waals surface area contributed by atoms with Gasteiger partial charge in [-0.2, -0.15) is 0 Å². The van der Waals surface area contributed by atoms with Gasteiger partial charge in [0.15, 0.2) is 9.84 Å². The summed E-state index contributed by atoms with van der Waals surface area (Å²) < 4.78 is 28.4. The molecular formula is C16H30N4O5S. The van der Waals surface area contributed by atoms with Crippen molar-refractivity contribution in [3.05, 3.63) is 0 Å². The van der Waals surface area contributed by atoms with E-state index in [1.165, 1.54) is 0 Å². The van der Waals surface area contributed by atoms with Gasteiger partial charge in [0, 0.05) is 32.2 Å². The molecule has 9 nitrogen and oxygen atoms in total. The van der Waals surface area contributed by atoms with Crippen LogP contribution in [0.15, 0.2) is 0 Å². The third kappa shape index (κ3) is 6.31. The molecule has 0 radical (unpaired) electrons. The highest BCUT2D eigenvalue weighted by molar-refractivity contribution is 7.91. The summed E-state index contributed by atoms with van der Waals surface area (Å²) in [6.07, 6.45) is -0.0733. The number of amides is 3. The summed E-state index contributed by atoms with van der Waals surface area (Å²) >= 11 is 0. The number of hydrogen-bond acceptors (Lipinski definition) is 6. The quantitative estimate of drug-likeness (QED) is 0.704. The second-order valence-electron chi connectivity index (χ2n) is 8.04. The molecule has 10 heteroatoms. The molecule has 150 valence electrons. The Labute approximate surface area is 155 Å². The van der Waals surface area contributed by atoms with Gasteiger partial charge in [0.25, 0.3) is 0 Å². The van der Waals surface area contributed by atoms with Crippen LogP contribution in [0.5, 0.6) is 0 Å². The minimum absolute atomic E-state index is 0.00664. The normalized spacial score (nSPS) is 26.4. The molecule has 2 heterocycles. The number of urea groups is 1. The first-order chi connectivity index (χ1) is 12.0. The minimum Gasteiger partial charge on any atom is -0.444 e. The first kappa shape index (κ1) is 20.8. The SMILES string of the molecule is CN1CCN(C(=O)N[C@@H]2CCS(=O)(=O)C2)[C@H](CNC(=O)OC(C)(C)C)C1. The fourth-order valence-electron chi connectivity index (χ4n) is 3.13. The first-order valence-corrected chi connectivity index (χ1v) is 10.7. The average molecular weight is 391 g/mol. The number of sulfone groups is 1. The van der Waals surface area contributed by atoms with Gasteiger partial charge < -0.3 is 25.2 Å². The van der Waals surface area contributed by atoms with Gasteiger partial charge in [-0.3, -0.25) is 0 Å². The van der Waals surface area contributed by atoms with E-state index in [4.69, 9.17) is 4.74 Å². The summed E-state index contributed by atoms with van der Waals surface area (Å²) in [5.74, 6) is 0.109. The number of rotatable bonds is 3. The first-order valence-electron chi connectivity index (χ1n) is 8.88. The summed E-state index contributed by atoms with van der Waals surface area (Å²) in [5, 5.41) is 5.54. The van der Waals surface area contributed by atoms with E-state index in [2.05, 4.69) is 15.5 Å². The van der Waals surface area contributed by atoms with Crippen molar-refractivity contribution in [2.24, 2.45) is 0 Å². The summed E-state index contributed by atoms with van der Waals surface area (Å²) in [6, 6.07) is -0.831. The van der Waals surface area contributed by atoms with Crippen LogP contribution in [0.3, 0.4) is 0 Å². The molecule has 0 saturated carbocycles. The highest BCUT2D eigenvalue weighted by atomic mass is 32.2. The monoisotopic (exact) mass is 390 g/mol. The van der Waals surface area contributed by atoms with E-state index in [0.717, 1.165) is 6.54 Å². The Kier molecular flexibility index (Phi) is 6.38. The summed E-state index contributed by atoms with van der Waals surface area (Å²) in [7, 11) is -1.09. The molecule has 26 heavy (non-hydrogen) atoms.